The van der Waals surface area contributed by atoms with E-state index in [2.05, 4.69) is 5.32 Å². The Balaban J connectivity index is 1.38. The summed E-state index contributed by atoms with van der Waals surface area (Å²) in [4.78, 5) is 30.2. The van der Waals surface area contributed by atoms with Crippen LogP contribution in [0, 0.1) is 0 Å². The topological polar surface area (TPSA) is 112 Å². The number of pyridine rings is 2. The van der Waals surface area contributed by atoms with Crippen LogP contribution in [0.5, 0.6) is 11.5 Å². The number of esters is 1. The van der Waals surface area contributed by atoms with Gasteiger partial charge in [0.15, 0.2) is 17.6 Å². The highest BCUT2D eigenvalue weighted by Gasteiger charge is 2.35. The maximum absolute atomic E-state index is 13.3. The summed E-state index contributed by atoms with van der Waals surface area (Å²) in [6, 6.07) is 6.24. The predicted molar refractivity (Wildman–Crippen MR) is 121 cm³/mol. The van der Waals surface area contributed by atoms with Crippen molar-refractivity contribution in [2.45, 2.75) is 51.0 Å². The summed E-state index contributed by atoms with van der Waals surface area (Å²) in [5, 5.41) is 14.9. The molecule has 2 aromatic heterocycles. The molecule has 1 aliphatic carbocycles. The summed E-state index contributed by atoms with van der Waals surface area (Å²) in [6.07, 6.45) is 2.82. The zero-order valence-corrected chi connectivity index (χ0v) is 18.4. The van der Waals surface area contributed by atoms with Crippen molar-refractivity contribution in [3.63, 3.8) is 0 Å². The maximum atomic E-state index is 13.3. The number of cyclic esters (lactones) is 1. The van der Waals surface area contributed by atoms with Gasteiger partial charge in [-0.2, -0.15) is 0 Å². The predicted octanol–water partition coefficient (Wildman–Crippen LogP) is 1.93. The number of nitrogens with zero attached hydrogens (tertiary/aromatic N) is 2. The first kappa shape index (κ1) is 20.0. The number of hydrogen-bond acceptors (Lipinski definition) is 8. The lowest BCUT2D eigenvalue weighted by Gasteiger charge is -2.21. The van der Waals surface area contributed by atoms with Gasteiger partial charge >= 0.3 is 5.97 Å². The van der Waals surface area contributed by atoms with E-state index in [1.54, 1.807) is 10.6 Å². The third-order valence-electron chi connectivity index (χ3n) is 7.18. The summed E-state index contributed by atoms with van der Waals surface area (Å²) in [7, 11) is 0. The van der Waals surface area contributed by atoms with Crippen molar-refractivity contribution in [3.8, 4) is 22.9 Å². The van der Waals surface area contributed by atoms with Gasteiger partial charge in [-0.25, -0.2) is 9.78 Å². The van der Waals surface area contributed by atoms with Gasteiger partial charge in [-0.15, -0.1) is 0 Å². The Bertz CT molecular complexity index is 1440. The van der Waals surface area contributed by atoms with E-state index >= 15 is 0 Å². The summed E-state index contributed by atoms with van der Waals surface area (Å²) in [6.45, 7) is 1.38. The molecule has 174 valence electrons. The van der Waals surface area contributed by atoms with E-state index in [9.17, 15) is 14.7 Å². The molecule has 0 bridgehead atoms. The lowest BCUT2D eigenvalue weighted by molar-refractivity contribution is -0.157. The lowest BCUT2D eigenvalue weighted by Crippen LogP contribution is -2.32. The fourth-order valence-electron chi connectivity index (χ4n) is 5.24. The first-order chi connectivity index (χ1) is 16.6. The molecule has 7 rings (SSSR count). The summed E-state index contributed by atoms with van der Waals surface area (Å²) in [5.74, 6) is 0.618. The van der Waals surface area contributed by atoms with Gasteiger partial charge in [0.25, 0.3) is 5.56 Å². The Morgan fingerprint density at radius 2 is 1.91 bits per heavy atom. The fraction of sp³-hybridized carbons (Fsp3) is 0.400. The number of aliphatic hydroxyl groups is 1. The van der Waals surface area contributed by atoms with Crippen molar-refractivity contribution in [1.82, 2.24) is 14.9 Å². The monoisotopic (exact) mass is 461 g/mol. The SMILES string of the molecule is O=C1OCc2c(cc3n(c2=O)Cc2c-3nc3cc4c(cc3c2CCCNC2CC2)OCO4)C1O. The summed E-state index contributed by atoms with van der Waals surface area (Å²) >= 11 is 0. The van der Waals surface area contributed by atoms with Crippen molar-refractivity contribution in [3.05, 3.63) is 50.8 Å². The molecule has 3 aromatic rings. The van der Waals surface area contributed by atoms with Gasteiger partial charge in [0.1, 0.15) is 6.61 Å². The largest absolute Gasteiger partial charge is 0.458 e. The third kappa shape index (κ3) is 2.97. The molecule has 1 aromatic carbocycles. The zero-order chi connectivity index (χ0) is 23.0. The van der Waals surface area contributed by atoms with Crippen LogP contribution < -0.4 is 20.3 Å². The molecule has 3 aliphatic heterocycles. The number of aromatic nitrogens is 2. The van der Waals surface area contributed by atoms with Crippen LogP contribution in [0.1, 0.15) is 47.6 Å². The third-order valence-corrected chi connectivity index (χ3v) is 7.18. The van der Waals surface area contributed by atoms with Crippen molar-refractivity contribution >= 4 is 16.9 Å². The number of carbonyl (C=O) groups is 1. The molecule has 9 nitrogen and oxygen atoms in total. The van der Waals surface area contributed by atoms with Crippen molar-refractivity contribution < 1.29 is 24.1 Å². The number of aliphatic hydroxyl groups excluding tert-OH is 1. The highest BCUT2D eigenvalue weighted by atomic mass is 16.7. The average molecular weight is 461 g/mol. The second kappa shape index (κ2) is 7.28. The van der Waals surface area contributed by atoms with Gasteiger partial charge in [0.05, 0.1) is 29.0 Å². The van der Waals surface area contributed by atoms with E-state index in [0.717, 1.165) is 41.4 Å². The van der Waals surface area contributed by atoms with E-state index < -0.39 is 12.1 Å². The Morgan fingerprint density at radius 1 is 1.09 bits per heavy atom. The molecule has 0 radical (unpaired) electrons. The number of benzene rings is 1. The molecule has 5 heterocycles. The van der Waals surface area contributed by atoms with Gasteiger partial charge < -0.3 is 29.2 Å². The maximum Gasteiger partial charge on any atom is 0.340 e. The number of aryl methyl sites for hydroxylation is 1. The first-order valence-electron chi connectivity index (χ1n) is 11.7. The highest BCUT2D eigenvalue weighted by molar-refractivity contribution is 5.91. The molecule has 0 amide bonds. The quantitative estimate of drug-likeness (QED) is 0.343. The molecule has 2 N–H and O–H groups in total. The van der Waals surface area contributed by atoms with Crippen molar-refractivity contribution in [2.24, 2.45) is 0 Å². The Labute approximate surface area is 194 Å². The molecule has 9 heteroatoms. The normalized spacial score (nSPS) is 19.7. The molecular formula is C25H23N3O6. The minimum Gasteiger partial charge on any atom is -0.458 e. The summed E-state index contributed by atoms with van der Waals surface area (Å²) in [5.41, 5.74) is 4.62. The van der Waals surface area contributed by atoms with E-state index in [4.69, 9.17) is 19.2 Å². The molecule has 34 heavy (non-hydrogen) atoms. The van der Waals surface area contributed by atoms with Gasteiger partial charge in [0, 0.05) is 28.6 Å². The van der Waals surface area contributed by atoms with Crippen LogP contribution in [0.2, 0.25) is 0 Å². The number of carbonyl (C=O) groups excluding carboxylic acids is 1. The Morgan fingerprint density at radius 3 is 2.74 bits per heavy atom. The molecule has 1 atom stereocenters. The minimum absolute atomic E-state index is 0.128. The van der Waals surface area contributed by atoms with Gasteiger partial charge in [-0.3, -0.25) is 4.79 Å². The van der Waals surface area contributed by atoms with Crippen LogP contribution in [0.15, 0.2) is 23.0 Å². The minimum atomic E-state index is -1.46. The van der Waals surface area contributed by atoms with Gasteiger partial charge in [-0.05, 0) is 49.9 Å². The van der Waals surface area contributed by atoms with Crippen LogP contribution in [0.3, 0.4) is 0 Å². The van der Waals surface area contributed by atoms with Crippen molar-refractivity contribution in [1.29, 1.82) is 0 Å². The Hall–Kier alpha value is -3.43. The molecule has 1 fully saturated rings. The number of nitrogens with one attached hydrogen (secondary N) is 1. The second-order valence-electron chi connectivity index (χ2n) is 9.34. The van der Waals surface area contributed by atoms with E-state index in [-0.39, 0.29) is 19.0 Å². The van der Waals surface area contributed by atoms with Crippen LogP contribution in [-0.4, -0.2) is 40.0 Å². The number of fused-ring (bicyclic) bond motifs is 6. The number of ether oxygens (including phenoxy) is 3. The second-order valence-corrected chi connectivity index (χ2v) is 9.34. The number of hydrogen-bond donors (Lipinski definition) is 2. The van der Waals surface area contributed by atoms with Crippen LogP contribution in [0.4, 0.5) is 0 Å². The molecule has 0 saturated heterocycles. The lowest BCUT2D eigenvalue weighted by atomic mass is 9.95. The molecule has 0 spiro atoms. The zero-order valence-electron chi connectivity index (χ0n) is 18.4. The fourth-order valence-corrected chi connectivity index (χ4v) is 5.24. The summed E-state index contributed by atoms with van der Waals surface area (Å²) < 4.78 is 17.9. The van der Waals surface area contributed by atoms with Crippen LogP contribution >= 0.6 is 0 Å². The molecule has 1 unspecified atom stereocenters. The first-order valence-corrected chi connectivity index (χ1v) is 11.7. The van der Waals surface area contributed by atoms with Crippen LogP contribution in [-0.2, 0) is 29.1 Å². The standard InChI is InChI=1S/C25H23N3O6/c29-23-15-6-19-22-16(9-28(19)24(30)17(15)10-32-25(23)31)13(2-1-5-26-12-3-4-12)14-7-20-21(34-11-33-20)8-18(14)27-22/h6-8,12,23,26,29H,1-5,9-11H2. The molecular weight excluding hydrogens is 438 g/mol. The smallest absolute Gasteiger partial charge is 0.340 e. The van der Waals surface area contributed by atoms with E-state index in [0.29, 0.717) is 46.6 Å². The van der Waals surface area contributed by atoms with Crippen molar-refractivity contribution in [2.75, 3.05) is 13.3 Å². The van der Waals surface area contributed by atoms with Gasteiger partial charge in [-0.1, -0.05) is 0 Å². The number of rotatable bonds is 5. The van der Waals surface area contributed by atoms with E-state index in [1.165, 1.54) is 12.8 Å². The highest BCUT2D eigenvalue weighted by Crippen LogP contribution is 2.42. The molecule has 4 aliphatic rings. The van der Waals surface area contributed by atoms with Crippen LogP contribution in [0.25, 0.3) is 22.3 Å². The Kier molecular flexibility index (Phi) is 4.28. The average Bonchev–Trinajstić information content (AvgIpc) is 3.42. The van der Waals surface area contributed by atoms with E-state index in [1.807, 2.05) is 12.1 Å². The van der Waals surface area contributed by atoms with Gasteiger partial charge in [0.2, 0.25) is 6.79 Å². The molecule has 1 saturated carbocycles.